The highest BCUT2D eigenvalue weighted by Crippen LogP contribution is 2.57. The Hall–Kier alpha value is -3.98. The maximum atomic E-state index is 13.9. The zero-order valence-electron chi connectivity index (χ0n) is 21.6. The maximum absolute atomic E-state index is 13.9. The van der Waals surface area contributed by atoms with Crippen molar-refractivity contribution in [2.24, 2.45) is 17.8 Å². The van der Waals surface area contributed by atoms with Gasteiger partial charge in [-0.25, -0.2) is 0 Å². The fraction of sp³-hybridized carbons (Fsp3) is 0.290. The number of ether oxygens (including phenoxy) is 1. The summed E-state index contributed by atoms with van der Waals surface area (Å²) in [5, 5.41) is 20.5. The van der Waals surface area contributed by atoms with E-state index in [0.717, 1.165) is 11.1 Å². The maximum Gasteiger partial charge on any atom is 0.233 e. The van der Waals surface area contributed by atoms with Gasteiger partial charge in [-0.15, -0.1) is 0 Å². The van der Waals surface area contributed by atoms with Crippen LogP contribution in [0.25, 0.3) is 0 Å². The molecular weight excluding hydrogens is 578 g/mol. The number of fused-ring (bicyclic) bond motifs is 3. The number of hydrogen-bond acceptors (Lipinski definition) is 7. The van der Waals surface area contributed by atoms with E-state index in [-0.39, 0.29) is 57.9 Å². The van der Waals surface area contributed by atoms with Crippen molar-refractivity contribution in [1.82, 2.24) is 4.90 Å². The predicted molar refractivity (Wildman–Crippen MR) is 148 cm³/mol. The molecule has 1 aliphatic heterocycles. The Morgan fingerprint density at radius 2 is 1.75 bits per heavy atom. The molecular formula is C31H26BrNO7. The van der Waals surface area contributed by atoms with Gasteiger partial charge < -0.3 is 14.9 Å². The molecule has 0 saturated carbocycles. The van der Waals surface area contributed by atoms with E-state index >= 15 is 0 Å². The number of ketones is 2. The van der Waals surface area contributed by atoms with Crippen molar-refractivity contribution in [3.8, 4) is 17.2 Å². The van der Waals surface area contributed by atoms with Gasteiger partial charge in [0.2, 0.25) is 11.8 Å². The van der Waals surface area contributed by atoms with E-state index in [4.69, 9.17) is 4.74 Å². The van der Waals surface area contributed by atoms with Crippen molar-refractivity contribution < 1.29 is 34.1 Å². The smallest absolute Gasteiger partial charge is 0.233 e. The van der Waals surface area contributed by atoms with Gasteiger partial charge >= 0.3 is 0 Å². The van der Waals surface area contributed by atoms with Gasteiger partial charge in [-0.2, -0.15) is 0 Å². The van der Waals surface area contributed by atoms with E-state index in [2.05, 4.69) is 15.9 Å². The van der Waals surface area contributed by atoms with Crippen LogP contribution in [0.15, 0.2) is 75.8 Å². The number of likely N-dealkylation sites (tertiary alicyclic amines) is 1. The quantitative estimate of drug-likeness (QED) is 0.300. The molecule has 8 nitrogen and oxygen atoms in total. The number of allylic oxidation sites excluding steroid dienone is 6. The molecule has 2 amide bonds. The average molecular weight is 604 g/mol. The van der Waals surface area contributed by atoms with Crippen molar-refractivity contribution in [2.45, 2.75) is 25.2 Å². The number of nitrogens with zero attached hydrogens (tertiary/aromatic N) is 1. The third-order valence-electron chi connectivity index (χ3n) is 8.53. The molecule has 204 valence electrons. The lowest BCUT2D eigenvalue weighted by atomic mass is 9.59. The molecule has 2 aromatic rings. The Bertz CT molecular complexity index is 1570. The van der Waals surface area contributed by atoms with E-state index in [0.29, 0.717) is 29.7 Å². The number of carbonyl (C=O) groups excluding carboxylic acids is 4. The molecule has 3 aliphatic carbocycles. The highest BCUT2D eigenvalue weighted by Gasteiger charge is 2.56. The number of phenolic OH excluding ortho intramolecular Hbond substituents is 2. The Balaban J connectivity index is 1.41. The fourth-order valence-electron chi connectivity index (χ4n) is 6.73. The first kappa shape index (κ1) is 26.3. The second-order valence-electron chi connectivity index (χ2n) is 10.5. The Kier molecular flexibility index (Phi) is 6.49. The number of benzene rings is 2. The van der Waals surface area contributed by atoms with Crippen LogP contribution in [0.2, 0.25) is 0 Å². The minimum absolute atomic E-state index is 0.0851. The summed E-state index contributed by atoms with van der Waals surface area (Å²) >= 11 is 3.22. The normalized spacial score (nSPS) is 25.8. The third kappa shape index (κ3) is 4.02. The molecule has 4 aliphatic rings. The summed E-state index contributed by atoms with van der Waals surface area (Å²) in [6.07, 6.45) is 4.06. The zero-order valence-corrected chi connectivity index (χ0v) is 23.2. The molecule has 1 fully saturated rings. The molecule has 1 saturated heterocycles. The van der Waals surface area contributed by atoms with Crippen LogP contribution >= 0.6 is 15.9 Å². The molecule has 1 heterocycles. The molecule has 0 aromatic heterocycles. The van der Waals surface area contributed by atoms with Crippen LogP contribution in [-0.2, 0) is 25.6 Å². The minimum atomic E-state index is -0.798. The molecule has 0 spiro atoms. The number of methoxy groups -OCH3 is 1. The zero-order chi connectivity index (χ0) is 28.3. The van der Waals surface area contributed by atoms with Gasteiger partial charge in [-0.3, -0.25) is 24.1 Å². The SMILES string of the molecule is COc1cccc(O)c1C1C2=CCC3C(=O)N(CCc4ccc(O)cc4)C(=O)C3C2CC2=C1C(=O)C=C(Br)C2=O. The standard InChI is InChI=1S/C31H26BrNO7/c1-40-24-4-2-3-22(35)28(24)27-17-9-10-18-25(19(17)13-20-26(27)23(36)14-21(32)29(20)37)31(39)33(30(18)38)12-11-15-5-7-16(34)8-6-15/h2-9,14,18-19,25,27,34-35H,10-13H2,1H3. The van der Waals surface area contributed by atoms with E-state index < -0.39 is 23.7 Å². The monoisotopic (exact) mass is 603 g/mol. The molecule has 2 aromatic carbocycles. The summed E-state index contributed by atoms with van der Waals surface area (Å²) < 4.78 is 5.71. The van der Waals surface area contributed by atoms with Gasteiger partial charge in [-0.05, 0) is 70.9 Å². The highest BCUT2D eigenvalue weighted by molar-refractivity contribution is 9.12. The number of phenols is 2. The summed E-state index contributed by atoms with van der Waals surface area (Å²) in [5.41, 5.74) is 2.55. The van der Waals surface area contributed by atoms with Crippen molar-refractivity contribution >= 4 is 39.3 Å². The van der Waals surface area contributed by atoms with Gasteiger partial charge in [0, 0.05) is 35.2 Å². The van der Waals surface area contributed by atoms with E-state index in [1.165, 1.54) is 24.2 Å². The molecule has 9 heteroatoms. The van der Waals surface area contributed by atoms with Crippen molar-refractivity contribution in [3.05, 3.63) is 86.9 Å². The molecule has 2 N–H and O–H groups in total. The van der Waals surface area contributed by atoms with Gasteiger partial charge in [0.05, 0.1) is 23.4 Å². The Labute approximate surface area is 238 Å². The molecule has 0 radical (unpaired) electrons. The van der Waals surface area contributed by atoms with Crippen LogP contribution < -0.4 is 4.74 Å². The molecule has 4 unspecified atom stereocenters. The first-order valence-corrected chi connectivity index (χ1v) is 13.9. The van der Waals surface area contributed by atoms with Crippen LogP contribution in [0.3, 0.4) is 0 Å². The van der Waals surface area contributed by atoms with Crippen molar-refractivity contribution in [2.75, 3.05) is 13.7 Å². The summed E-state index contributed by atoms with van der Waals surface area (Å²) in [6.45, 7) is 0.202. The summed E-state index contributed by atoms with van der Waals surface area (Å²) in [6, 6.07) is 11.5. The largest absolute Gasteiger partial charge is 0.508 e. The van der Waals surface area contributed by atoms with Gasteiger partial charge in [0.15, 0.2) is 11.6 Å². The van der Waals surface area contributed by atoms with Gasteiger partial charge in [-0.1, -0.05) is 29.8 Å². The van der Waals surface area contributed by atoms with Crippen LogP contribution in [0, 0.1) is 17.8 Å². The predicted octanol–water partition coefficient (Wildman–Crippen LogP) is 4.11. The second-order valence-corrected chi connectivity index (χ2v) is 11.4. The highest BCUT2D eigenvalue weighted by atomic mass is 79.9. The lowest BCUT2D eigenvalue weighted by molar-refractivity contribution is -0.140. The second kappa shape index (κ2) is 9.89. The third-order valence-corrected chi connectivity index (χ3v) is 9.12. The Morgan fingerprint density at radius 1 is 1.00 bits per heavy atom. The summed E-state index contributed by atoms with van der Waals surface area (Å²) in [7, 11) is 1.47. The van der Waals surface area contributed by atoms with E-state index in [9.17, 15) is 29.4 Å². The number of Topliss-reactive ketones (excluding diaryl/α,β-unsaturated/α-hetero) is 1. The number of amides is 2. The Morgan fingerprint density at radius 3 is 2.48 bits per heavy atom. The van der Waals surface area contributed by atoms with Crippen molar-refractivity contribution in [1.29, 1.82) is 0 Å². The first-order chi connectivity index (χ1) is 19.2. The summed E-state index contributed by atoms with van der Waals surface area (Å²) in [4.78, 5) is 55.4. The molecule has 6 rings (SSSR count). The van der Waals surface area contributed by atoms with E-state index in [1.54, 1.807) is 36.4 Å². The molecule has 4 atom stereocenters. The topological polar surface area (TPSA) is 121 Å². The van der Waals surface area contributed by atoms with E-state index in [1.807, 2.05) is 6.08 Å². The van der Waals surface area contributed by atoms with Gasteiger partial charge in [0.1, 0.15) is 17.2 Å². The fourth-order valence-corrected chi connectivity index (χ4v) is 7.17. The van der Waals surface area contributed by atoms with Crippen LogP contribution in [0.5, 0.6) is 17.2 Å². The average Bonchev–Trinajstić information content (AvgIpc) is 3.19. The number of imide groups is 1. The van der Waals surface area contributed by atoms with Crippen LogP contribution in [0.4, 0.5) is 0 Å². The molecule has 0 bridgehead atoms. The van der Waals surface area contributed by atoms with Crippen molar-refractivity contribution in [3.63, 3.8) is 0 Å². The number of rotatable bonds is 5. The number of aromatic hydroxyl groups is 2. The lowest BCUT2D eigenvalue weighted by Gasteiger charge is -2.42. The molecule has 40 heavy (non-hydrogen) atoms. The minimum Gasteiger partial charge on any atom is -0.508 e. The van der Waals surface area contributed by atoms with Crippen LogP contribution in [-0.4, -0.2) is 52.1 Å². The number of hydrogen-bond donors (Lipinski definition) is 2. The number of carbonyl (C=O) groups is 4. The lowest BCUT2D eigenvalue weighted by Crippen LogP contribution is -2.40. The summed E-state index contributed by atoms with van der Waals surface area (Å²) in [5.74, 6) is -3.36. The van der Waals surface area contributed by atoms with Crippen LogP contribution in [0.1, 0.15) is 29.9 Å². The first-order valence-electron chi connectivity index (χ1n) is 13.1. The van der Waals surface area contributed by atoms with Gasteiger partial charge in [0.25, 0.3) is 0 Å². The number of halogens is 1.